The molecule has 11 heteroatoms. The number of hydrogen-bond donors (Lipinski definition) is 0. The number of pyridine rings is 2. The molecule has 0 N–H and O–H groups in total. The first-order chi connectivity index (χ1) is 30.1. The van der Waals surface area contributed by atoms with Crippen molar-refractivity contribution in [1.82, 2.24) is 15.0 Å². The van der Waals surface area contributed by atoms with E-state index >= 15 is 0 Å². The van der Waals surface area contributed by atoms with Crippen molar-refractivity contribution in [1.29, 1.82) is 0 Å². The minimum atomic E-state index is -4.31. The molecule has 5 heterocycles. The van der Waals surface area contributed by atoms with Crippen molar-refractivity contribution in [2.75, 3.05) is 33.6 Å². The Bertz CT molecular complexity index is 2740. The summed E-state index contributed by atoms with van der Waals surface area (Å²) in [4.78, 5) is 19.4. The fourth-order valence-electron chi connectivity index (χ4n) is 7.53. The molecule has 9 rings (SSSR count). The molecule has 0 fully saturated rings. The Balaban J connectivity index is 0.000000292. The van der Waals surface area contributed by atoms with Gasteiger partial charge >= 0.3 is 27.2 Å². The Labute approximate surface area is 367 Å². The first-order valence-corrected chi connectivity index (χ1v) is 19.2. The summed E-state index contributed by atoms with van der Waals surface area (Å²) in [6.45, 7) is 11.3. The second kappa shape index (κ2) is 16.4. The Morgan fingerprint density at radius 1 is 0.661 bits per heavy atom. The molecule has 3 aromatic heterocycles. The third-order valence-electron chi connectivity index (χ3n) is 10.5. The van der Waals surface area contributed by atoms with Gasteiger partial charge < -0.3 is 24.6 Å². The molecule has 4 aromatic carbocycles. The number of para-hydroxylation sites is 1. The largest absolute Gasteiger partial charge is 4.00 e. The van der Waals surface area contributed by atoms with Gasteiger partial charge in [0.2, 0.25) is 0 Å². The molecule has 2 aliphatic heterocycles. The topological polar surface area (TPSA) is 52.8 Å². The van der Waals surface area contributed by atoms with Gasteiger partial charge in [0.25, 0.3) is 0 Å². The Kier molecular flexibility index (Phi) is 9.57. The number of nitrogens with zero attached hydrogens (tertiary/aromatic N) is 7. The van der Waals surface area contributed by atoms with Crippen molar-refractivity contribution in [3.05, 3.63) is 145 Å². The van der Waals surface area contributed by atoms with E-state index in [1.165, 1.54) is 45.9 Å². The van der Waals surface area contributed by atoms with Crippen molar-refractivity contribution in [2.24, 2.45) is 0 Å². The van der Waals surface area contributed by atoms with E-state index in [1.807, 2.05) is 18.2 Å². The van der Waals surface area contributed by atoms with E-state index in [4.69, 9.17) is 8.22 Å². The van der Waals surface area contributed by atoms with Gasteiger partial charge in [-0.3, -0.25) is 0 Å². The summed E-state index contributed by atoms with van der Waals surface area (Å²) < 4.78 is 87.1. The minimum absolute atomic E-state index is 0. The van der Waals surface area contributed by atoms with Gasteiger partial charge in [-0.05, 0) is 95.1 Å². The molecule has 0 bridgehead atoms. The van der Waals surface area contributed by atoms with Gasteiger partial charge in [0, 0.05) is 32.0 Å². The van der Waals surface area contributed by atoms with Gasteiger partial charge in [-0.2, -0.15) is 26.5 Å². The van der Waals surface area contributed by atoms with Crippen molar-refractivity contribution in [3.63, 3.8) is 0 Å². The number of benzene rings is 4. The molecule has 304 valence electrons. The molecule has 0 atom stereocenters. The van der Waals surface area contributed by atoms with Crippen LogP contribution in [-0.4, -0.2) is 23.9 Å². The van der Waals surface area contributed by atoms with Crippen molar-refractivity contribution in [2.45, 2.75) is 65.5 Å². The first-order valence-electron chi connectivity index (χ1n) is 22.2. The van der Waals surface area contributed by atoms with Gasteiger partial charge in [-0.15, -0.1) is 46.2 Å². The molecule has 59 heavy (non-hydrogen) atoms. The molecule has 0 aliphatic carbocycles. The van der Waals surface area contributed by atoms with E-state index < -0.39 is 25.7 Å². The van der Waals surface area contributed by atoms with Gasteiger partial charge in [0.15, 0.2) is 0 Å². The predicted octanol–water partition coefficient (Wildman–Crippen LogP) is 12.7. The Morgan fingerprint density at radius 3 is 1.71 bits per heavy atom. The Hall–Kier alpha value is -5.34. The molecule has 0 saturated heterocycles. The van der Waals surface area contributed by atoms with Crippen LogP contribution >= 0.6 is 0 Å². The molecule has 7 aromatic rings. The second-order valence-electron chi connectivity index (χ2n) is 15.4. The summed E-state index contributed by atoms with van der Waals surface area (Å²) in [6, 6.07) is 29.8. The number of anilines is 6. The summed E-state index contributed by atoms with van der Waals surface area (Å²) in [5, 5.41) is 1.31. The fraction of sp³-hybridized carbons (Fsp3) is 0.250. The van der Waals surface area contributed by atoms with Crippen LogP contribution in [0.2, 0.25) is 0 Å². The number of aromatic nitrogens is 3. The second-order valence-corrected chi connectivity index (χ2v) is 15.4. The number of halogens is 3. The van der Waals surface area contributed by atoms with Crippen LogP contribution in [0, 0.1) is 19.4 Å². The van der Waals surface area contributed by atoms with Crippen molar-refractivity contribution in [3.8, 4) is 11.1 Å². The van der Waals surface area contributed by atoms with Crippen LogP contribution in [0.1, 0.15) is 89.8 Å². The number of rotatable bonds is 6. The minimum Gasteiger partial charge on any atom is -0.657 e. The molecule has 7 nitrogen and oxygen atoms in total. The number of hydrogen-bond acceptors (Lipinski definition) is 6. The normalized spacial score (nSPS) is 15.7. The zero-order valence-corrected chi connectivity index (χ0v) is 35.6. The van der Waals surface area contributed by atoms with Gasteiger partial charge in [0.05, 0.1) is 5.56 Å². The molecule has 0 radical (unpaired) electrons. The zero-order chi connectivity index (χ0) is 46.0. The smallest absolute Gasteiger partial charge is 0.657 e. The fourth-order valence-corrected chi connectivity index (χ4v) is 7.53. The molecular formula is C48H46F3N7Pt. The molecule has 2 aliphatic rings. The van der Waals surface area contributed by atoms with E-state index in [0.717, 1.165) is 34.2 Å². The standard InChI is InChI=1S/C35H39N6.C13H7F3N.Pt/c1-22(2)25-17-29(23(3)4)33(30(18-25)24(5)6)26-15-27(40-20-38(7)31-11-9-13-36-34(31)40)19-28(16-26)41-21-39(8)32-12-10-14-37-35(32)41;14-13(15,16)8-5-6-12-10(7-8)9-3-1-2-4-11(9)17-12;/h9-18,20-24H,1-8H3;1-7H;/q-3;-1;+4/i7D3,8D3;;. The molecular weight excluding hydrogens is 927 g/mol. The molecule has 0 unspecified atom stereocenters. The van der Waals surface area contributed by atoms with Crippen LogP contribution < -0.4 is 24.6 Å². The van der Waals surface area contributed by atoms with Gasteiger partial charge in [-0.25, -0.2) is 9.97 Å². The van der Waals surface area contributed by atoms with Crippen LogP contribution in [0.25, 0.3) is 32.9 Å². The summed E-state index contributed by atoms with van der Waals surface area (Å²) in [6.07, 6.45) is -1.05. The average Bonchev–Trinajstić information content (AvgIpc) is 3.95. The predicted molar refractivity (Wildman–Crippen MR) is 231 cm³/mol. The van der Waals surface area contributed by atoms with Crippen LogP contribution in [0.15, 0.2) is 103 Å². The maximum absolute atomic E-state index is 12.6. The quantitative estimate of drug-likeness (QED) is 0.154. The van der Waals surface area contributed by atoms with Crippen LogP contribution in [0.4, 0.5) is 47.6 Å². The summed E-state index contributed by atoms with van der Waals surface area (Å²) >= 11 is 0. The number of fused-ring (bicyclic) bond motifs is 5. The third-order valence-corrected chi connectivity index (χ3v) is 10.5. The van der Waals surface area contributed by atoms with Gasteiger partial charge in [-0.1, -0.05) is 90.1 Å². The van der Waals surface area contributed by atoms with E-state index in [2.05, 4.69) is 74.7 Å². The number of alkyl halides is 3. The maximum atomic E-state index is 12.6. The van der Waals surface area contributed by atoms with E-state index in [0.29, 0.717) is 51.2 Å². The van der Waals surface area contributed by atoms with Gasteiger partial charge in [0.1, 0.15) is 11.6 Å². The molecule has 0 spiro atoms. The van der Waals surface area contributed by atoms with Crippen LogP contribution in [0.5, 0.6) is 0 Å². The average molecular weight is 979 g/mol. The SMILES string of the molecule is FC(F)(F)c1ccc2[n-]c3ccccc3c2c1.[2H]C([2H])([2H])N1[CH-]N(c2[c-]c(N3[CH-]N(C([2H])([2H])[2H])c4cccnc43)cc(-c3c(C(C)C)cc(C(C)C)cc3C(C)C)c2)c2ncccc21.[Pt+4]. The third kappa shape index (κ3) is 7.92. The first kappa shape index (κ1) is 34.5. The summed E-state index contributed by atoms with van der Waals surface area (Å²) in [5.41, 5.74) is 8.35. The molecule has 0 amide bonds. The van der Waals surface area contributed by atoms with Crippen LogP contribution in [-0.2, 0) is 27.2 Å². The summed E-state index contributed by atoms with van der Waals surface area (Å²) in [5.74, 6) is 1.67. The monoisotopic (exact) mass is 978 g/mol. The zero-order valence-electron chi connectivity index (χ0n) is 39.3. The van der Waals surface area contributed by atoms with E-state index in [-0.39, 0.29) is 32.9 Å². The van der Waals surface area contributed by atoms with Crippen LogP contribution in [0.3, 0.4) is 0 Å². The Morgan fingerprint density at radius 2 is 1.20 bits per heavy atom. The molecule has 0 saturated carbocycles. The van der Waals surface area contributed by atoms with E-state index in [1.54, 1.807) is 64.7 Å². The summed E-state index contributed by atoms with van der Waals surface area (Å²) in [7, 11) is 0. The van der Waals surface area contributed by atoms with Crippen molar-refractivity contribution >= 4 is 56.2 Å². The maximum Gasteiger partial charge on any atom is 4.00 e. The van der Waals surface area contributed by atoms with E-state index in [9.17, 15) is 13.2 Å². The van der Waals surface area contributed by atoms with Crippen molar-refractivity contribution < 1.29 is 42.5 Å².